The van der Waals surface area contributed by atoms with Gasteiger partial charge in [-0.25, -0.2) is 0 Å². The quantitative estimate of drug-likeness (QED) is 0.490. The summed E-state index contributed by atoms with van der Waals surface area (Å²) >= 11 is 0. The molecule has 0 atom stereocenters. The van der Waals surface area contributed by atoms with Crippen molar-refractivity contribution in [1.82, 2.24) is 0 Å². The Morgan fingerprint density at radius 3 is 1.94 bits per heavy atom. The van der Waals surface area contributed by atoms with Crippen LogP contribution in [0.5, 0.6) is 0 Å². The molecule has 1 aliphatic rings. The van der Waals surface area contributed by atoms with Crippen LogP contribution in [0.25, 0.3) is 0 Å². The average Bonchev–Trinajstić information content (AvgIpc) is 2.88. The van der Waals surface area contributed by atoms with E-state index >= 15 is 0 Å². The van der Waals surface area contributed by atoms with Crippen LogP contribution in [0.2, 0.25) is 0 Å². The second kappa shape index (κ2) is 14.2. The first-order valence-corrected chi connectivity index (χ1v) is 6.72. The second-order valence-electron chi connectivity index (χ2n) is 3.31. The van der Waals surface area contributed by atoms with Crippen LogP contribution in [0.15, 0.2) is 23.8 Å². The molecule has 16 heavy (non-hydrogen) atoms. The van der Waals surface area contributed by atoms with Crippen LogP contribution in [-0.4, -0.2) is 6.21 Å². The number of allylic oxidation sites excluding steroid dienone is 4. The molecule has 0 amide bonds. The van der Waals surface area contributed by atoms with Crippen molar-refractivity contribution in [1.29, 1.82) is 5.41 Å². The van der Waals surface area contributed by atoms with Gasteiger partial charge in [-0.15, -0.1) is 0 Å². The molecule has 0 unspecified atom stereocenters. The molecule has 94 valence electrons. The lowest BCUT2D eigenvalue weighted by Crippen LogP contribution is -1.95. The van der Waals surface area contributed by atoms with Gasteiger partial charge in [-0.2, -0.15) is 0 Å². The molecule has 0 aromatic rings. The highest BCUT2D eigenvalue weighted by atomic mass is 14.3. The number of hydrogen-bond acceptors (Lipinski definition) is 1. The minimum atomic E-state index is 0.725. The van der Waals surface area contributed by atoms with Gasteiger partial charge in [0.05, 0.1) is 0 Å². The highest BCUT2D eigenvalue weighted by molar-refractivity contribution is 5.70. The van der Waals surface area contributed by atoms with Crippen molar-refractivity contribution in [3.8, 4) is 0 Å². The molecule has 0 radical (unpaired) electrons. The van der Waals surface area contributed by atoms with Crippen LogP contribution >= 0.6 is 0 Å². The predicted octanol–water partition coefficient (Wildman–Crippen LogP) is 5.38. The Bertz CT molecular complexity index is 195. The van der Waals surface area contributed by atoms with Gasteiger partial charge in [-0.05, 0) is 37.3 Å². The maximum atomic E-state index is 7.04. The summed E-state index contributed by atoms with van der Waals surface area (Å²) in [4.78, 5) is 0. The molecule has 1 nitrogen and oxygen atoms in total. The molecule has 1 fully saturated rings. The van der Waals surface area contributed by atoms with E-state index in [-0.39, 0.29) is 0 Å². The standard InChI is InChI=1S/C11H17N.2C2H6/c1-2-5-10(8-9-12)11-6-3-4-7-11;2*1-2/h2,5,8-9,11-12H,3-4,6-7H2,1H3;2*1-2H3/b5-2-,10-8+,12-9?;;. The zero-order valence-corrected chi connectivity index (χ0v) is 11.7. The zero-order chi connectivity index (χ0) is 12.8. The highest BCUT2D eigenvalue weighted by Gasteiger charge is 2.16. The monoisotopic (exact) mass is 223 g/mol. The largest absolute Gasteiger partial charge is 0.309 e. The summed E-state index contributed by atoms with van der Waals surface area (Å²) in [6.45, 7) is 10.0. The van der Waals surface area contributed by atoms with E-state index in [1.54, 1.807) is 0 Å². The third-order valence-electron chi connectivity index (χ3n) is 2.46. The fourth-order valence-corrected chi connectivity index (χ4v) is 1.88. The van der Waals surface area contributed by atoms with Crippen molar-refractivity contribution < 1.29 is 0 Å². The lowest BCUT2D eigenvalue weighted by Gasteiger charge is -2.08. The normalized spacial score (nSPS) is 16.2. The van der Waals surface area contributed by atoms with E-state index in [2.05, 4.69) is 12.2 Å². The summed E-state index contributed by atoms with van der Waals surface area (Å²) in [5.74, 6) is 0.725. The summed E-state index contributed by atoms with van der Waals surface area (Å²) in [7, 11) is 0. The van der Waals surface area contributed by atoms with Gasteiger partial charge in [-0.1, -0.05) is 52.7 Å². The van der Waals surface area contributed by atoms with Crippen molar-refractivity contribution in [2.45, 2.75) is 60.3 Å². The van der Waals surface area contributed by atoms with E-state index in [9.17, 15) is 0 Å². The third kappa shape index (κ3) is 7.44. The summed E-state index contributed by atoms with van der Waals surface area (Å²) in [5, 5.41) is 7.04. The van der Waals surface area contributed by atoms with Crippen LogP contribution in [-0.2, 0) is 0 Å². The van der Waals surface area contributed by atoms with Crippen LogP contribution in [0.1, 0.15) is 60.3 Å². The molecule has 0 saturated heterocycles. The van der Waals surface area contributed by atoms with Gasteiger partial charge in [0.1, 0.15) is 0 Å². The molecule has 1 saturated carbocycles. The van der Waals surface area contributed by atoms with Crippen molar-refractivity contribution in [3.63, 3.8) is 0 Å². The topological polar surface area (TPSA) is 23.9 Å². The Morgan fingerprint density at radius 1 is 1.06 bits per heavy atom. The van der Waals surface area contributed by atoms with Crippen molar-refractivity contribution in [2.24, 2.45) is 5.92 Å². The summed E-state index contributed by atoms with van der Waals surface area (Å²) < 4.78 is 0. The Morgan fingerprint density at radius 2 is 1.56 bits per heavy atom. The molecule has 0 bridgehead atoms. The molecular formula is C15H29N. The smallest absolute Gasteiger partial charge is 0.0180 e. The van der Waals surface area contributed by atoms with Crippen LogP contribution in [0.3, 0.4) is 0 Å². The van der Waals surface area contributed by atoms with Crippen LogP contribution in [0.4, 0.5) is 0 Å². The molecule has 1 aliphatic carbocycles. The second-order valence-corrected chi connectivity index (χ2v) is 3.31. The summed E-state index contributed by atoms with van der Waals surface area (Å²) in [5.41, 5.74) is 1.34. The molecule has 0 aromatic carbocycles. The Labute approximate surface area is 102 Å². The van der Waals surface area contributed by atoms with E-state index in [1.165, 1.54) is 37.5 Å². The van der Waals surface area contributed by atoms with Gasteiger partial charge in [0, 0.05) is 6.21 Å². The molecule has 0 spiro atoms. The first kappa shape index (κ1) is 17.5. The molecule has 0 heterocycles. The molecule has 0 aromatic heterocycles. The predicted molar refractivity (Wildman–Crippen MR) is 76.3 cm³/mol. The van der Waals surface area contributed by atoms with Gasteiger partial charge in [0.2, 0.25) is 0 Å². The Kier molecular flexibility index (Phi) is 15.5. The first-order valence-electron chi connectivity index (χ1n) is 6.72. The van der Waals surface area contributed by atoms with E-state index in [1.807, 2.05) is 40.7 Å². The fraction of sp³-hybridized carbons (Fsp3) is 0.667. The first-order chi connectivity index (χ1) is 7.88. The molecular weight excluding hydrogens is 194 g/mol. The average molecular weight is 223 g/mol. The lowest BCUT2D eigenvalue weighted by molar-refractivity contribution is 0.658. The zero-order valence-electron chi connectivity index (χ0n) is 11.7. The van der Waals surface area contributed by atoms with Gasteiger partial charge in [0.15, 0.2) is 0 Å². The van der Waals surface area contributed by atoms with E-state index < -0.39 is 0 Å². The Balaban J connectivity index is 0. The van der Waals surface area contributed by atoms with Gasteiger partial charge in [-0.3, -0.25) is 0 Å². The minimum Gasteiger partial charge on any atom is -0.309 e. The van der Waals surface area contributed by atoms with Gasteiger partial charge in [0.25, 0.3) is 0 Å². The number of hydrogen-bond donors (Lipinski definition) is 1. The number of rotatable bonds is 3. The molecule has 1 N–H and O–H groups in total. The van der Waals surface area contributed by atoms with E-state index in [0.717, 1.165) is 5.92 Å². The maximum Gasteiger partial charge on any atom is 0.0180 e. The van der Waals surface area contributed by atoms with Gasteiger partial charge < -0.3 is 5.41 Å². The molecule has 1 rings (SSSR count). The lowest BCUT2D eigenvalue weighted by atomic mass is 9.97. The molecule has 1 heteroatoms. The fourth-order valence-electron chi connectivity index (χ4n) is 1.88. The van der Waals surface area contributed by atoms with Crippen molar-refractivity contribution in [2.75, 3.05) is 0 Å². The third-order valence-corrected chi connectivity index (χ3v) is 2.46. The molecule has 0 aliphatic heterocycles. The summed E-state index contributed by atoms with van der Waals surface area (Å²) in [6, 6.07) is 0. The summed E-state index contributed by atoms with van der Waals surface area (Å²) in [6.07, 6.45) is 12.9. The van der Waals surface area contributed by atoms with Crippen molar-refractivity contribution in [3.05, 3.63) is 23.8 Å². The SMILES string of the molecule is C/C=C\C(=C/C=N)C1CCCC1.CC.CC. The highest BCUT2D eigenvalue weighted by Crippen LogP contribution is 2.31. The van der Waals surface area contributed by atoms with Crippen molar-refractivity contribution >= 4 is 6.21 Å². The van der Waals surface area contributed by atoms with Crippen LogP contribution < -0.4 is 0 Å². The maximum absolute atomic E-state index is 7.04. The van der Waals surface area contributed by atoms with Gasteiger partial charge >= 0.3 is 0 Å². The minimum absolute atomic E-state index is 0.725. The van der Waals surface area contributed by atoms with E-state index in [0.29, 0.717) is 0 Å². The van der Waals surface area contributed by atoms with E-state index in [4.69, 9.17) is 5.41 Å². The Hall–Kier alpha value is -0.850. The number of nitrogens with one attached hydrogen (secondary N) is 1. The van der Waals surface area contributed by atoms with Crippen LogP contribution in [0, 0.1) is 11.3 Å².